The van der Waals surface area contributed by atoms with E-state index in [4.69, 9.17) is 14.2 Å². The van der Waals surface area contributed by atoms with Gasteiger partial charge in [0.05, 0.1) is 38.8 Å². The van der Waals surface area contributed by atoms with E-state index < -0.39 is 5.69 Å². The maximum Gasteiger partial charge on any atom is 0.368 e. The van der Waals surface area contributed by atoms with Crippen molar-refractivity contribution in [1.82, 2.24) is 9.66 Å². The molecule has 0 saturated carbocycles. The Bertz CT molecular complexity index is 1410. The lowest BCUT2D eigenvalue weighted by Gasteiger charge is -2.11. The minimum atomic E-state index is -0.619. The number of benzene rings is 3. The molecule has 0 saturated heterocycles. The highest BCUT2D eigenvalue weighted by Gasteiger charge is 2.19. The van der Waals surface area contributed by atoms with Crippen LogP contribution in [0.5, 0.6) is 17.2 Å². The van der Waals surface area contributed by atoms with Crippen LogP contribution in [-0.2, 0) is 0 Å². The number of nitrogens with zero attached hydrogens (tertiary/aromatic N) is 3. The van der Waals surface area contributed by atoms with Gasteiger partial charge in [-0.15, -0.1) is 0 Å². The lowest BCUT2D eigenvalue weighted by Crippen LogP contribution is -2.23. The number of carbonyl (C=O) groups is 1. The molecular weight excluding hydrogens is 446 g/mol. The maximum atomic E-state index is 13.5. The average molecular weight is 469 g/mol. The van der Waals surface area contributed by atoms with Crippen LogP contribution >= 0.6 is 0 Å². The predicted molar refractivity (Wildman–Crippen MR) is 133 cm³/mol. The Morgan fingerprint density at radius 3 is 1.86 bits per heavy atom. The summed E-state index contributed by atoms with van der Waals surface area (Å²) in [5, 5.41) is 4.24. The van der Waals surface area contributed by atoms with E-state index in [2.05, 4.69) is 10.1 Å². The first-order chi connectivity index (χ1) is 17.0. The number of carbonyl (C=O) groups excluding carboxylic acids is 1. The second-order valence-electron chi connectivity index (χ2n) is 7.43. The molecule has 3 aromatic carbocycles. The second-order valence-corrected chi connectivity index (χ2v) is 7.43. The standard InChI is InChI=1S/C27H23N3O5/c1-33-21-10-4-18(5-11-21)16-28-30-17-24(26(31)20-8-14-23(35-3)15-9-20)25(29-27(30)32)19-6-12-22(34-2)13-7-19/h4-17H,1-3H3/b28-16+. The number of methoxy groups -OCH3 is 3. The van der Waals surface area contributed by atoms with Crippen LogP contribution in [-0.4, -0.2) is 43.0 Å². The number of rotatable bonds is 8. The molecule has 0 aliphatic heterocycles. The van der Waals surface area contributed by atoms with Crippen LogP contribution in [0.25, 0.3) is 11.3 Å². The van der Waals surface area contributed by atoms with Crippen molar-refractivity contribution in [3.8, 4) is 28.5 Å². The van der Waals surface area contributed by atoms with Crippen molar-refractivity contribution in [1.29, 1.82) is 0 Å². The van der Waals surface area contributed by atoms with Crippen LogP contribution in [0.4, 0.5) is 0 Å². The molecule has 0 radical (unpaired) electrons. The quantitative estimate of drug-likeness (QED) is 0.286. The fourth-order valence-corrected chi connectivity index (χ4v) is 3.38. The van der Waals surface area contributed by atoms with Crippen LogP contribution < -0.4 is 19.9 Å². The first-order valence-electron chi connectivity index (χ1n) is 10.7. The third-order valence-electron chi connectivity index (χ3n) is 5.32. The summed E-state index contributed by atoms with van der Waals surface area (Å²) in [7, 11) is 4.70. The van der Waals surface area contributed by atoms with Gasteiger partial charge in [0.2, 0.25) is 0 Å². The summed E-state index contributed by atoms with van der Waals surface area (Å²) in [6.07, 6.45) is 2.92. The summed E-state index contributed by atoms with van der Waals surface area (Å²) in [5.41, 5.74) is 1.64. The maximum absolute atomic E-state index is 13.5. The van der Waals surface area contributed by atoms with Crippen LogP contribution in [0.2, 0.25) is 0 Å². The Morgan fingerprint density at radius 1 is 0.800 bits per heavy atom. The van der Waals surface area contributed by atoms with E-state index in [1.807, 2.05) is 0 Å². The minimum absolute atomic E-state index is 0.229. The van der Waals surface area contributed by atoms with E-state index in [1.165, 1.54) is 12.4 Å². The Hall–Kier alpha value is -4.72. The van der Waals surface area contributed by atoms with E-state index in [9.17, 15) is 9.59 Å². The molecule has 0 aliphatic carbocycles. The van der Waals surface area contributed by atoms with Crippen LogP contribution in [0.1, 0.15) is 21.5 Å². The molecule has 1 heterocycles. The third kappa shape index (κ3) is 5.27. The molecule has 35 heavy (non-hydrogen) atoms. The van der Waals surface area contributed by atoms with Crippen LogP contribution in [0.15, 0.2) is 88.9 Å². The number of ketones is 1. The molecule has 8 nitrogen and oxygen atoms in total. The van der Waals surface area contributed by atoms with Crippen molar-refractivity contribution in [2.45, 2.75) is 0 Å². The molecule has 8 heteroatoms. The molecule has 0 amide bonds. The molecular formula is C27H23N3O5. The Kier molecular flexibility index (Phi) is 7.02. The van der Waals surface area contributed by atoms with E-state index >= 15 is 0 Å². The molecule has 0 spiro atoms. The predicted octanol–water partition coefficient (Wildman–Crippen LogP) is 4.05. The molecule has 0 bridgehead atoms. The van der Waals surface area contributed by atoms with Gasteiger partial charge in [-0.05, 0) is 78.4 Å². The summed E-state index contributed by atoms with van der Waals surface area (Å²) in [6, 6.07) is 20.9. The van der Waals surface area contributed by atoms with Crippen LogP contribution in [0, 0.1) is 0 Å². The lowest BCUT2D eigenvalue weighted by atomic mass is 9.99. The highest BCUT2D eigenvalue weighted by atomic mass is 16.5. The first kappa shape index (κ1) is 23.4. The zero-order valence-corrected chi connectivity index (χ0v) is 19.5. The molecule has 0 fully saturated rings. The number of aromatic nitrogens is 2. The van der Waals surface area contributed by atoms with Crippen LogP contribution in [0.3, 0.4) is 0 Å². The summed E-state index contributed by atoms with van der Waals surface area (Å²) in [6.45, 7) is 0. The van der Waals surface area contributed by atoms with Gasteiger partial charge in [0, 0.05) is 17.3 Å². The highest BCUT2D eigenvalue weighted by molar-refractivity contribution is 6.12. The number of hydrogen-bond acceptors (Lipinski definition) is 7. The van der Waals surface area contributed by atoms with Gasteiger partial charge < -0.3 is 14.2 Å². The highest BCUT2D eigenvalue weighted by Crippen LogP contribution is 2.25. The molecule has 0 atom stereocenters. The van der Waals surface area contributed by atoms with Gasteiger partial charge in [-0.2, -0.15) is 14.8 Å². The van der Waals surface area contributed by atoms with Gasteiger partial charge in [0.15, 0.2) is 5.78 Å². The smallest absolute Gasteiger partial charge is 0.368 e. The monoisotopic (exact) mass is 469 g/mol. The zero-order valence-electron chi connectivity index (χ0n) is 19.5. The van der Waals surface area contributed by atoms with E-state index in [-0.39, 0.29) is 17.0 Å². The van der Waals surface area contributed by atoms with Gasteiger partial charge in [-0.3, -0.25) is 4.79 Å². The topological polar surface area (TPSA) is 92.0 Å². The van der Waals surface area contributed by atoms with Crippen molar-refractivity contribution in [3.63, 3.8) is 0 Å². The van der Waals surface area contributed by atoms with Gasteiger partial charge in [-0.25, -0.2) is 4.79 Å². The van der Waals surface area contributed by atoms with Gasteiger partial charge in [-0.1, -0.05) is 0 Å². The van der Waals surface area contributed by atoms with E-state index in [0.717, 1.165) is 10.2 Å². The normalized spacial score (nSPS) is 10.8. The largest absolute Gasteiger partial charge is 0.497 e. The van der Waals surface area contributed by atoms with Gasteiger partial charge >= 0.3 is 5.69 Å². The fraction of sp³-hybridized carbons (Fsp3) is 0.111. The van der Waals surface area contributed by atoms with Gasteiger partial charge in [0.25, 0.3) is 0 Å². The molecule has 4 aromatic rings. The van der Waals surface area contributed by atoms with Gasteiger partial charge in [0.1, 0.15) is 17.2 Å². The fourth-order valence-electron chi connectivity index (χ4n) is 3.38. The zero-order chi connectivity index (χ0) is 24.8. The molecule has 1 aromatic heterocycles. The SMILES string of the molecule is COc1ccc(/C=N/n2cc(C(=O)c3ccc(OC)cc3)c(-c3ccc(OC)cc3)nc2=O)cc1. The molecule has 4 rings (SSSR count). The molecule has 0 aliphatic rings. The second kappa shape index (κ2) is 10.5. The lowest BCUT2D eigenvalue weighted by molar-refractivity contribution is 0.103. The Balaban J connectivity index is 1.79. The van der Waals surface area contributed by atoms with Crippen molar-refractivity contribution >= 4 is 12.0 Å². The summed E-state index contributed by atoms with van der Waals surface area (Å²) >= 11 is 0. The van der Waals surface area contributed by atoms with Crippen molar-refractivity contribution in [2.75, 3.05) is 21.3 Å². The minimum Gasteiger partial charge on any atom is -0.497 e. The summed E-state index contributed by atoms with van der Waals surface area (Å²) < 4.78 is 16.6. The third-order valence-corrected chi connectivity index (χ3v) is 5.32. The van der Waals surface area contributed by atoms with Crippen molar-refractivity contribution in [2.24, 2.45) is 5.10 Å². The summed E-state index contributed by atoms with van der Waals surface area (Å²) in [4.78, 5) is 30.5. The van der Waals surface area contributed by atoms with Crippen molar-refractivity contribution < 1.29 is 19.0 Å². The molecule has 176 valence electrons. The molecule has 0 N–H and O–H groups in total. The van der Waals surface area contributed by atoms with Crippen molar-refractivity contribution in [3.05, 3.63) is 106 Å². The van der Waals surface area contributed by atoms with E-state index in [1.54, 1.807) is 94.1 Å². The molecule has 0 unspecified atom stereocenters. The van der Waals surface area contributed by atoms with E-state index in [0.29, 0.717) is 28.4 Å². The number of ether oxygens (including phenoxy) is 3. The Morgan fingerprint density at radius 2 is 1.31 bits per heavy atom. The average Bonchev–Trinajstić information content (AvgIpc) is 2.92. The number of hydrogen-bond donors (Lipinski definition) is 0. The Labute approximate surface area is 202 Å². The summed E-state index contributed by atoms with van der Waals surface area (Å²) in [5.74, 6) is 1.68. The first-order valence-corrected chi connectivity index (χ1v) is 10.7.